The van der Waals surface area contributed by atoms with Crippen molar-refractivity contribution in [3.63, 3.8) is 0 Å². The van der Waals surface area contributed by atoms with Crippen molar-refractivity contribution in [2.45, 2.75) is 18.9 Å². The summed E-state index contributed by atoms with van der Waals surface area (Å²) in [5, 5.41) is 19.4. The van der Waals surface area contributed by atoms with Gasteiger partial charge in [0.25, 0.3) is 0 Å². The van der Waals surface area contributed by atoms with Gasteiger partial charge in [-0.25, -0.2) is 4.98 Å². The molecule has 1 aromatic carbocycles. The maximum absolute atomic E-state index is 4.58. The molecule has 1 aliphatic rings. The normalized spacial score (nSPS) is 15.2. The molecule has 5 rings (SSSR count). The van der Waals surface area contributed by atoms with Crippen LogP contribution >= 0.6 is 11.3 Å². The van der Waals surface area contributed by atoms with Gasteiger partial charge in [-0.3, -0.25) is 5.10 Å². The summed E-state index contributed by atoms with van der Waals surface area (Å²) in [6.07, 6.45) is 5.98. The minimum atomic E-state index is 0.517. The Labute approximate surface area is 166 Å². The van der Waals surface area contributed by atoms with Gasteiger partial charge >= 0.3 is 0 Å². The lowest BCUT2D eigenvalue weighted by molar-refractivity contribution is 0.441. The van der Waals surface area contributed by atoms with Crippen LogP contribution in [0.1, 0.15) is 12.8 Å². The van der Waals surface area contributed by atoms with E-state index in [9.17, 15) is 0 Å². The van der Waals surface area contributed by atoms with Crippen molar-refractivity contribution in [1.82, 2.24) is 30.7 Å². The molecule has 0 saturated carbocycles. The van der Waals surface area contributed by atoms with Gasteiger partial charge in [0.1, 0.15) is 0 Å². The summed E-state index contributed by atoms with van der Waals surface area (Å²) in [5.41, 5.74) is 6.89. The fourth-order valence-corrected chi connectivity index (χ4v) is 4.66. The molecule has 1 fully saturated rings. The summed E-state index contributed by atoms with van der Waals surface area (Å²) in [7, 11) is 2.11. The summed E-state index contributed by atoms with van der Waals surface area (Å²) >= 11 is 1.63. The number of nitrogens with zero attached hydrogens (tertiary/aromatic N) is 5. The third kappa shape index (κ3) is 3.04. The zero-order chi connectivity index (χ0) is 18.9. The number of H-pyrrole nitrogens is 1. The van der Waals surface area contributed by atoms with E-state index in [1.165, 1.54) is 0 Å². The second-order valence-electron chi connectivity index (χ2n) is 7.05. The molecule has 0 aliphatic carbocycles. The molecular weight excluding hydrogens is 370 g/mol. The highest BCUT2D eigenvalue weighted by Crippen LogP contribution is 2.36. The number of piperidine rings is 1. The first-order valence-corrected chi connectivity index (χ1v) is 10.3. The van der Waals surface area contributed by atoms with E-state index in [1.54, 1.807) is 11.3 Å². The zero-order valence-corrected chi connectivity index (χ0v) is 16.4. The number of nitrogens with one attached hydrogen (secondary N) is 2. The van der Waals surface area contributed by atoms with E-state index in [0.717, 1.165) is 64.3 Å². The van der Waals surface area contributed by atoms with Crippen molar-refractivity contribution >= 4 is 27.4 Å². The van der Waals surface area contributed by atoms with E-state index < -0.39 is 0 Å². The summed E-state index contributed by atoms with van der Waals surface area (Å²) in [6, 6.07) is 8.83. The molecule has 1 aliphatic heterocycles. The van der Waals surface area contributed by atoms with Crippen LogP contribution in [0.25, 0.3) is 32.6 Å². The molecule has 142 valence electrons. The Hall–Kier alpha value is -2.84. The molecule has 4 aromatic rings. The first-order valence-electron chi connectivity index (χ1n) is 9.44. The van der Waals surface area contributed by atoms with Crippen LogP contribution in [-0.4, -0.2) is 51.6 Å². The molecule has 28 heavy (non-hydrogen) atoms. The van der Waals surface area contributed by atoms with Crippen LogP contribution in [0.4, 0.5) is 5.82 Å². The van der Waals surface area contributed by atoms with Crippen molar-refractivity contribution in [2.24, 2.45) is 0 Å². The summed E-state index contributed by atoms with van der Waals surface area (Å²) in [5.74, 6) is 0.922. The SMILES string of the molecule is CN(c1ccc(-c2ccc(-c3cn[nH]c3)c3ncsc23)nn1)C1CCNCC1. The van der Waals surface area contributed by atoms with Crippen LogP contribution in [0, 0.1) is 0 Å². The fraction of sp³-hybridized carbons (Fsp3) is 0.300. The van der Waals surface area contributed by atoms with Crippen molar-refractivity contribution in [2.75, 3.05) is 25.0 Å². The van der Waals surface area contributed by atoms with Crippen LogP contribution in [0.2, 0.25) is 0 Å². The molecule has 1 saturated heterocycles. The molecule has 0 amide bonds. The van der Waals surface area contributed by atoms with Crippen LogP contribution in [0.5, 0.6) is 0 Å². The molecule has 0 unspecified atom stereocenters. The van der Waals surface area contributed by atoms with Gasteiger partial charge in [0.2, 0.25) is 0 Å². The zero-order valence-electron chi connectivity index (χ0n) is 15.6. The molecule has 2 N–H and O–H groups in total. The van der Waals surface area contributed by atoms with Gasteiger partial charge in [-0.05, 0) is 38.1 Å². The van der Waals surface area contributed by atoms with Crippen LogP contribution < -0.4 is 10.2 Å². The lowest BCUT2D eigenvalue weighted by atomic mass is 10.0. The quantitative estimate of drug-likeness (QED) is 0.555. The molecule has 4 heterocycles. The summed E-state index contributed by atoms with van der Waals surface area (Å²) < 4.78 is 1.12. The second kappa shape index (κ2) is 7.29. The highest BCUT2D eigenvalue weighted by atomic mass is 32.1. The van der Waals surface area contributed by atoms with Crippen molar-refractivity contribution in [1.29, 1.82) is 0 Å². The van der Waals surface area contributed by atoms with E-state index in [-0.39, 0.29) is 0 Å². The monoisotopic (exact) mass is 391 g/mol. The van der Waals surface area contributed by atoms with Gasteiger partial charge in [0.05, 0.1) is 27.6 Å². The topological polar surface area (TPSA) is 82.6 Å². The first kappa shape index (κ1) is 17.3. The Balaban J connectivity index is 1.47. The third-order valence-corrected chi connectivity index (χ3v) is 6.30. The highest BCUT2D eigenvalue weighted by molar-refractivity contribution is 7.17. The summed E-state index contributed by atoms with van der Waals surface area (Å²) in [6.45, 7) is 2.12. The number of benzene rings is 1. The molecule has 0 radical (unpaired) electrons. The summed E-state index contributed by atoms with van der Waals surface area (Å²) in [4.78, 5) is 6.83. The van der Waals surface area contributed by atoms with Crippen LogP contribution in [-0.2, 0) is 0 Å². The smallest absolute Gasteiger partial charge is 0.151 e. The Morgan fingerprint density at radius 2 is 1.93 bits per heavy atom. The standard InChI is InChI=1S/C20H21N7S/c1-27(14-6-8-21-9-7-14)18-5-4-17(25-26-18)16-3-2-15(13-10-23-24-11-13)19-20(16)28-12-22-19/h2-5,10-12,14,21H,6-9H2,1H3,(H,23,24). The predicted octanol–water partition coefficient (Wildman–Crippen LogP) is 3.33. The van der Waals surface area contributed by atoms with E-state index in [4.69, 9.17) is 0 Å². The van der Waals surface area contributed by atoms with Gasteiger partial charge in [0, 0.05) is 36.0 Å². The number of aromatic nitrogens is 5. The van der Waals surface area contributed by atoms with Gasteiger partial charge < -0.3 is 10.2 Å². The minimum Gasteiger partial charge on any atom is -0.355 e. The molecular formula is C20H21N7S. The number of hydrogen-bond acceptors (Lipinski definition) is 7. The third-order valence-electron chi connectivity index (χ3n) is 5.44. The number of fused-ring (bicyclic) bond motifs is 1. The van der Waals surface area contributed by atoms with Gasteiger partial charge in [-0.2, -0.15) is 5.10 Å². The van der Waals surface area contributed by atoms with E-state index in [0.29, 0.717) is 6.04 Å². The Morgan fingerprint density at radius 3 is 2.68 bits per heavy atom. The average Bonchev–Trinajstić information content (AvgIpc) is 3.46. The fourth-order valence-electron chi connectivity index (χ4n) is 3.82. The number of rotatable bonds is 4. The van der Waals surface area contributed by atoms with E-state index >= 15 is 0 Å². The van der Waals surface area contributed by atoms with Crippen molar-refractivity contribution in [3.05, 3.63) is 42.2 Å². The lowest BCUT2D eigenvalue weighted by Crippen LogP contribution is -2.41. The Bertz CT molecular complexity index is 1070. The maximum Gasteiger partial charge on any atom is 0.151 e. The first-order chi connectivity index (χ1) is 13.8. The van der Waals surface area contributed by atoms with Gasteiger partial charge in [0.15, 0.2) is 5.82 Å². The molecule has 8 heteroatoms. The molecule has 3 aromatic heterocycles. The van der Waals surface area contributed by atoms with E-state index in [1.807, 2.05) is 17.9 Å². The van der Waals surface area contributed by atoms with Gasteiger partial charge in [-0.1, -0.05) is 12.1 Å². The number of hydrogen-bond donors (Lipinski definition) is 2. The average molecular weight is 392 g/mol. The largest absolute Gasteiger partial charge is 0.355 e. The molecule has 0 spiro atoms. The maximum atomic E-state index is 4.58. The number of anilines is 1. The van der Waals surface area contributed by atoms with Crippen LogP contribution in [0.3, 0.4) is 0 Å². The molecule has 7 nitrogen and oxygen atoms in total. The number of thiazole rings is 1. The molecule has 0 atom stereocenters. The lowest BCUT2D eigenvalue weighted by Gasteiger charge is -2.32. The Kier molecular flexibility index (Phi) is 4.50. The molecule has 0 bridgehead atoms. The highest BCUT2D eigenvalue weighted by Gasteiger charge is 2.20. The van der Waals surface area contributed by atoms with Crippen molar-refractivity contribution in [3.8, 4) is 22.4 Å². The van der Waals surface area contributed by atoms with Crippen molar-refractivity contribution < 1.29 is 0 Å². The van der Waals surface area contributed by atoms with Gasteiger partial charge in [-0.15, -0.1) is 21.5 Å². The van der Waals surface area contributed by atoms with E-state index in [2.05, 4.69) is 66.9 Å². The Morgan fingerprint density at radius 1 is 1.07 bits per heavy atom. The van der Waals surface area contributed by atoms with Crippen LogP contribution in [0.15, 0.2) is 42.2 Å². The second-order valence-corrected chi connectivity index (χ2v) is 7.90. The number of aromatic amines is 1. The minimum absolute atomic E-state index is 0.517. The predicted molar refractivity (Wildman–Crippen MR) is 113 cm³/mol.